The Bertz CT molecular complexity index is 1620. The number of pyridine rings is 2. The molecule has 38 heavy (non-hydrogen) atoms. The van der Waals surface area contributed by atoms with Gasteiger partial charge in [-0.2, -0.15) is 0 Å². The van der Waals surface area contributed by atoms with Crippen molar-refractivity contribution in [1.82, 2.24) is 44.9 Å². The van der Waals surface area contributed by atoms with Crippen molar-refractivity contribution >= 4 is 11.0 Å². The summed E-state index contributed by atoms with van der Waals surface area (Å²) in [6.07, 6.45) is 4.60. The van der Waals surface area contributed by atoms with E-state index in [0.717, 1.165) is 53.3 Å². The summed E-state index contributed by atoms with van der Waals surface area (Å²) >= 11 is 0. The third-order valence-electron chi connectivity index (χ3n) is 7.53. The van der Waals surface area contributed by atoms with Gasteiger partial charge < -0.3 is 9.47 Å². The van der Waals surface area contributed by atoms with Crippen LogP contribution in [-0.2, 0) is 30.0 Å². The van der Waals surface area contributed by atoms with Crippen LogP contribution < -0.4 is 4.74 Å². The zero-order valence-electron chi connectivity index (χ0n) is 21.3. The zero-order valence-corrected chi connectivity index (χ0v) is 21.3. The van der Waals surface area contributed by atoms with Gasteiger partial charge in [-0.25, -0.2) is 14.3 Å². The molecule has 0 saturated carbocycles. The largest absolute Gasteiger partial charge is 0.471 e. The van der Waals surface area contributed by atoms with Gasteiger partial charge in [0, 0.05) is 31.0 Å². The molecule has 11 nitrogen and oxygen atoms in total. The summed E-state index contributed by atoms with van der Waals surface area (Å²) in [6.45, 7) is 7.00. The lowest BCUT2D eigenvalue weighted by Crippen LogP contribution is -2.64. The van der Waals surface area contributed by atoms with E-state index in [1.165, 1.54) is 11.1 Å². The molecule has 0 amide bonds. The molecule has 0 atom stereocenters. The Morgan fingerprint density at radius 3 is 2.68 bits per heavy atom. The molecule has 11 heteroatoms. The fourth-order valence-electron chi connectivity index (χ4n) is 5.23. The first-order chi connectivity index (χ1) is 18.6. The fourth-order valence-corrected chi connectivity index (χ4v) is 5.23. The quantitative estimate of drug-likeness (QED) is 0.341. The highest BCUT2D eigenvalue weighted by molar-refractivity contribution is 5.74. The smallest absolute Gasteiger partial charge is 0.213 e. The predicted molar refractivity (Wildman–Crippen MR) is 138 cm³/mol. The maximum Gasteiger partial charge on any atom is 0.213 e. The molecule has 0 radical (unpaired) electrons. The average molecular weight is 510 g/mol. The van der Waals surface area contributed by atoms with Crippen molar-refractivity contribution in [2.24, 2.45) is 0 Å². The summed E-state index contributed by atoms with van der Waals surface area (Å²) in [4.78, 5) is 11.4. The maximum atomic E-state index is 6.13. The number of fused-ring (bicyclic) bond motifs is 2. The molecular weight excluding hydrogens is 482 g/mol. The van der Waals surface area contributed by atoms with Crippen LogP contribution in [0.4, 0.5) is 0 Å². The van der Waals surface area contributed by atoms with Crippen molar-refractivity contribution in [3.63, 3.8) is 0 Å². The number of hydrogen-bond donors (Lipinski definition) is 0. The topological polar surface area (TPSA) is 109 Å². The van der Waals surface area contributed by atoms with E-state index in [-0.39, 0.29) is 5.66 Å². The second kappa shape index (κ2) is 8.96. The number of benzene rings is 1. The van der Waals surface area contributed by atoms with Crippen LogP contribution in [0, 0.1) is 13.8 Å². The minimum atomic E-state index is -0.337. The monoisotopic (exact) mass is 509 g/mol. The number of para-hydroxylation sites is 1. The minimum absolute atomic E-state index is 0.310. The number of nitrogens with zero attached hydrogens (tertiary/aromatic N) is 9. The lowest BCUT2D eigenvalue weighted by Gasteiger charge is -2.50. The van der Waals surface area contributed by atoms with Crippen LogP contribution in [0.5, 0.6) is 5.88 Å². The zero-order chi connectivity index (χ0) is 25.7. The molecule has 1 fully saturated rings. The lowest BCUT2D eigenvalue weighted by molar-refractivity contribution is -0.198. The van der Waals surface area contributed by atoms with Crippen molar-refractivity contribution in [3.8, 4) is 11.6 Å². The molecule has 2 aliphatic heterocycles. The van der Waals surface area contributed by atoms with Gasteiger partial charge in [-0.15, -0.1) is 10.2 Å². The van der Waals surface area contributed by atoms with E-state index in [2.05, 4.69) is 47.6 Å². The van der Waals surface area contributed by atoms with Crippen LogP contribution in [0.3, 0.4) is 0 Å². The van der Waals surface area contributed by atoms with Gasteiger partial charge in [-0.1, -0.05) is 22.6 Å². The lowest BCUT2D eigenvalue weighted by atomic mass is 9.96. The van der Waals surface area contributed by atoms with Gasteiger partial charge >= 0.3 is 0 Å². The molecule has 0 N–H and O–H groups in total. The highest BCUT2D eigenvalue weighted by atomic mass is 16.5. The van der Waals surface area contributed by atoms with E-state index in [1.54, 1.807) is 10.9 Å². The fraction of sp³-hybridized carbons (Fsp3) is 0.333. The van der Waals surface area contributed by atoms with Gasteiger partial charge in [0.05, 0.1) is 36.3 Å². The number of aryl methyl sites for hydroxylation is 2. The molecule has 0 spiro atoms. The normalized spacial score (nSPS) is 16.8. The Hall–Kier alpha value is -4.22. The predicted octanol–water partition coefficient (Wildman–Crippen LogP) is 2.74. The van der Waals surface area contributed by atoms with Gasteiger partial charge in [-0.05, 0) is 55.7 Å². The molecule has 192 valence electrons. The first kappa shape index (κ1) is 22.9. The highest BCUT2D eigenvalue weighted by Gasteiger charge is 2.48. The molecule has 1 saturated heterocycles. The molecule has 7 rings (SSSR count). The standard InChI is InChI=1S/C27H27N9O2/c1-18-7-8-22(13-28-18)35-25(19(2)30-32-35)15-38-26-11-20-9-10-34(14-21(20)12-29-26)27(16-37-17-27)36-24-6-4-3-5-23(24)31-33-36/h3-8,11-13H,9-10,14-17H2,1-2H3. The van der Waals surface area contributed by atoms with E-state index in [4.69, 9.17) is 9.47 Å². The summed E-state index contributed by atoms with van der Waals surface area (Å²) in [5, 5.41) is 17.4. The summed E-state index contributed by atoms with van der Waals surface area (Å²) in [5.41, 5.74) is 7.49. The van der Waals surface area contributed by atoms with Crippen LogP contribution in [-0.4, -0.2) is 64.6 Å². The number of ether oxygens (including phenoxy) is 2. The molecule has 1 aromatic carbocycles. The third-order valence-corrected chi connectivity index (χ3v) is 7.53. The number of aromatic nitrogens is 8. The molecular formula is C27H27N9O2. The Balaban J connectivity index is 1.09. The van der Waals surface area contributed by atoms with Crippen LogP contribution in [0.25, 0.3) is 16.7 Å². The van der Waals surface area contributed by atoms with Crippen LogP contribution in [0.15, 0.2) is 54.9 Å². The minimum Gasteiger partial charge on any atom is -0.471 e. The summed E-state index contributed by atoms with van der Waals surface area (Å²) in [5.74, 6) is 0.593. The van der Waals surface area contributed by atoms with Gasteiger partial charge in [0.1, 0.15) is 17.8 Å². The van der Waals surface area contributed by atoms with Crippen molar-refractivity contribution in [1.29, 1.82) is 0 Å². The SMILES string of the molecule is Cc1ccc(-n2nnc(C)c2COc2cc3c(cn2)CN(C2(n4nnc5ccccc54)COC2)CC3)cn1. The molecule has 2 aliphatic rings. The van der Waals surface area contributed by atoms with E-state index >= 15 is 0 Å². The first-order valence-electron chi connectivity index (χ1n) is 12.7. The molecule has 0 unspecified atom stereocenters. The number of rotatable bonds is 6. The molecule has 0 bridgehead atoms. The summed E-state index contributed by atoms with van der Waals surface area (Å²) in [6, 6.07) is 14.1. The van der Waals surface area contributed by atoms with Crippen molar-refractivity contribution in [3.05, 3.63) is 83.1 Å². The third kappa shape index (κ3) is 3.74. The van der Waals surface area contributed by atoms with E-state index < -0.39 is 0 Å². The highest BCUT2D eigenvalue weighted by Crippen LogP contribution is 2.36. The Kier molecular flexibility index (Phi) is 5.41. The van der Waals surface area contributed by atoms with Crippen LogP contribution in [0.2, 0.25) is 0 Å². The average Bonchev–Trinajstić information content (AvgIpc) is 3.51. The Morgan fingerprint density at radius 1 is 0.974 bits per heavy atom. The summed E-state index contributed by atoms with van der Waals surface area (Å²) < 4.78 is 15.6. The van der Waals surface area contributed by atoms with E-state index in [9.17, 15) is 0 Å². The second-order valence-corrected chi connectivity index (χ2v) is 9.91. The van der Waals surface area contributed by atoms with Gasteiger partial charge in [0.2, 0.25) is 5.88 Å². The van der Waals surface area contributed by atoms with Gasteiger partial charge in [0.25, 0.3) is 0 Å². The Morgan fingerprint density at radius 2 is 1.87 bits per heavy atom. The van der Waals surface area contributed by atoms with Crippen LogP contribution >= 0.6 is 0 Å². The van der Waals surface area contributed by atoms with Gasteiger partial charge in [-0.3, -0.25) is 9.88 Å². The molecule has 0 aliphatic carbocycles. The second-order valence-electron chi connectivity index (χ2n) is 9.91. The van der Waals surface area contributed by atoms with Crippen molar-refractivity contribution in [2.45, 2.75) is 39.1 Å². The van der Waals surface area contributed by atoms with E-state index in [1.807, 2.05) is 55.1 Å². The van der Waals surface area contributed by atoms with E-state index in [0.29, 0.717) is 25.7 Å². The maximum absolute atomic E-state index is 6.13. The van der Waals surface area contributed by atoms with Crippen molar-refractivity contribution in [2.75, 3.05) is 19.8 Å². The number of hydrogen-bond acceptors (Lipinski definition) is 9. The molecule has 4 aromatic heterocycles. The van der Waals surface area contributed by atoms with Crippen LogP contribution in [0.1, 0.15) is 28.2 Å². The van der Waals surface area contributed by atoms with Gasteiger partial charge in [0.15, 0.2) is 5.66 Å². The first-order valence-corrected chi connectivity index (χ1v) is 12.7. The molecule has 6 heterocycles. The summed E-state index contributed by atoms with van der Waals surface area (Å²) in [7, 11) is 0. The van der Waals surface area contributed by atoms with Crippen molar-refractivity contribution < 1.29 is 9.47 Å². The molecule has 5 aromatic rings. The Labute approximate surface area is 219 Å².